The lowest BCUT2D eigenvalue weighted by Gasteiger charge is -2.54. The number of aliphatic imine (C=N–C) groups is 1. The Labute approximate surface area is 317 Å². The molecule has 11 unspecified atom stereocenters. The van der Waals surface area contributed by atoms with Gasteiger partial charge >= 0.3 is 5.97 Å². The first kappa shape index (κ1) is 45.0. The van der Waals surface area contributed by atoms with Crippen molar-refractivity contribution >= 4 is 23.7 Å². The van der Waals surface area contributed by atoms with Crippen LogP contribution in [0.3, 0.4) is 0 Å². The van der Waals surface area contributed by atoms with Crippen molar-refractivity contribution < 1.29 is 58.1 Å². The van der Waals surface area contributed by atoms with Crippen molar-refractivity contribution in [2.24, 2.45) is 27.8 Å². The van der Waals surface area contributed by atoms with Crippen molar-refractivity contribution in [1.29, 1.82) is 0 Å². The van der Waals surface area contributed by atoms with Crippen LogP contribution in [-0.2, 0) is 42.8 Å². The summed E-state index contributed by atoms with van der Waals surface area (Å²) in [6, 6.07) is -1.07. The van der Waals surface area contributed by atoms with Crippen molar-refractivity contribution in [1.82, 2.24) is 10.6 Å². The molecular formula is C37H61N5O12. The molecule has 306 valence electrons. The lowest BCUT2D eigenvalue weighted by molar-refractivity contribution is -0.332. The van der Waals surface area contributed by atoms with Gasteiger partial charge in [-0.2, -0.15) is 0 Å². The summed E-state index contributed by atoms with van der Waals surface area (Å²) in [7, 11) is 2.94. The van der Waals surface area contributed by atoms with Crippen LogP contribution in [0.4, 0.5) is 0 Å². The number of carboxylic acid groups (broad SMARTS) is 1. The predicted octanol–water partition coefficient (Wildman–Crippen LogP) is 0.972. The molecule has 9 N–H and O–H groups in total. The fourth-order valence-corrected chi connectivity index (χ4v) is 7.07. The Kier molecular flexibility index (Phi) is 17.1. The zero-order valence-electron chi connectivity index (χ0n) is 32.3. The van der Waals surface area contributed by atoms with Gasteiger partial charge in [0.05, 0.1) is 24.4 Å². The van der Waals surface area contributed by atoms with Crippen LogP contribution >= 0.6 is 0 Å². The van der Waals surface area contributed by atoms with E-state index in [0.717, 1.165) is 5.57 Å². The molecule has 0 bridgehead atoms. The number of amides is 2. The smallest absolute Gasteiger partial charge is 0.326 e. The molecule has 0 spiro atoms. The number of carbonyl (C=O) groups excluding carboxylic acids is 2. The van der Waals surface area contributed by atoms with Gasteiger partial charge in [0.2, 0.25) is 11.7 Å². The number of nitrogens with two attached hydrogens (primary N) is 2. The minimum atomic E-state index is -1.71. The molecule has 3 fully saturated rings. The maximum Gasteiger partial charge on any atom is 0.326 e. The highest BCUT2D eigenvalue weighted by atomic mass is 16.7. The van der Waals surface area contributed by atoms with Gasteiger partial charge in [-0.05, 0) is 39.0 Å². The van der Waals surface area contributed by atoms with Gasteiger partial charge in [0.25, 0.3) is 5.91 Å². The van der Waals surface area contributed by atoms with Gasteiger partial charge in [0, 0.05) is 51.0 Å². The third kappa shape index (κ3) is 11.8. The Balaban J connectivity index is 1.54. The van der Waals surface area contributed by atoms with Gasteiger partial charge in [-0.1, -0.05) is 51.2 Å². The summed E-state index contributed by atoms with van der Waals surface area (Å²) in [6.07, 6.45) is 2.67. The third-order valence-corrected chi connectivity index (χ3v) is 10.5. The van der Waals surface area contributed by atoms with Gasteiger partial charge in [-0.3, -0.25) is 14.6 Å². The van der Waals surface area contributed by atoms with E-state index in [2.05, 4.69) is 22.2 Å². The molecule has 3 saturated heterocycles. The molecule has 0 aliphatic carbocycles. The standard InChI is InChI=1S/C37H61N5O12/c1-21-19-37(50-7,54-23(3)22(21)2)30(45)32(46)42-33-29-28(51-20-52-33)31(49-6)36(4,5)26(53-29)18-24(43)14-11-9-8-10-12-16-27(44)41-25(34(47)48)15-13-17-40-35(38)39/h8,10,12,16,22-26,28-31,33,43,45H,1,9,11,13-15,17-20H2,2-7H3,(H,41,44)(H,42,46)(H,47,48)(H4,38,39,40). The molecule has 54 heavy (non-hydrogen) atoms. The number of nitrogens with one attached hydrogen (secondary N) is 2. The van der Waals surface area contributed by atoms with Gasteiger partial charge in [0.15, 0.2) is 18.3 Å². The van der Waals surface area contributed by atoms with E-state index in [9.17, 15) is 29.7 Å². The Morgan fingerprint density at radius 2 is 1.81 bits per heavy atom. The zero-order valence-corrected chi connectivity index (χ0v) is 32.3. The number of unbranched alkanes of at least 4 members (excludes halogenated alkanes) is 1. The van der Waals surface area contributed by atoms with Gasteiger partial charge < -0.3 is 65.8 Å². The molecule has 11 atom stereocenters. The minimum Gasteiger partial charge on any atom is -0.480 e. The van der Waals surface area contributed by atoms with E-state index in [1.807, 2.05) is 33.8 Å². The highest BCUT2D eigenvalue weighted by Gasteiger charge is 2.57. The first-order chi connectivity index (χ1) is 25.5. The Morgan fingerprint density at radius 1 is 1.09 bits per heavy atom. The van der Waals surface area contributed by atoms with Crippen molar-refractivity contribution in [2.45, 2.75) is 133 Å². The van der Waals surface area contributed by atoms with Gasteiger partial charge in [0.1, 0.15) is 25.0 Å². The number of hydrogen-bond acceptors (Lipinski definition) is 12. The van der Waals surface area contributed by atoms with Crippen LogP contribution in [0.2, 0.25) is 0 Å². The maximum atomic E-state index is 13.5. The molecule has 3 aliphatic heterocycles. The zero-order chi connectivity index (χ0) is 40.2. The average molecular weight is 768 g/mol. The first-order valence-electron chi connectivity index (χ1n) is 18.4. The third-order valence-electron chi connectivity index (χ3n) is 10.5. The normalized spacial score (nSPS) is 31.3. The number of ether oxygens (including phenoxy) is 6. The molecule has 0 aromatic heterocycles. The Hall–Kier alpha value is -3.42. The Morgan fingerprint density at radius 3 is 2.44 bits per heavy atom. The summed E-state index contributed by atoms with van der Waals surface area (Å²) in [5, 5.41) is 36.9. The minimum absolute atomic E-state index is 0.0153. The quantitative estimate of drug-likeness (QED) is 0.0242. The van der Waals surface area contributed by atoms with Crippen molar-refractivity contribution in [3.05, 3.63) is 36.5 Å². The van der Waals surface area contributed by atoms with E-state index in [1.165, 1.54) is 19.3 Å². The van der Waals surface area contributed by atoms with Crippen LogP contribution in [-0.4, -0.2) is 127 Å². The second-order valence-electron chi connectivity index (χ2n) is 14.7. The molecule has 17 nitrogen and oxygen atoms in total. The predicted molar refractivity (Wildman–Crippen MR) is 197 cm³/mol. The van der Waals surface area contributed by atoms with E-state index >= 15 is 0 Å². The molecule has 17 heteroatoms. The van der Waals surface area contributed by atoms with Crippen molar-refractivity contribution in [2.75, 3.05) is 27.6 Å². The largest absolute Gasteiger partial charge is 0.480 e. The van der Waals surface area contributed by atoms with Crippen molar-refractivity contribution in [3.8, 4) is 0 Å². The Bertz CT molecular complexity index is 1370. The topological polar surface area (TPSA) is 256 Å². The number of aliphatic hydroxyl groups excluding tert-OH is 2. The molecule has 3 heterocycles. The number of carbonyl (C=O) groups is 3. The number of aliphatic carboxylic acids is 1. The fraction of sp³-hybridized carbons (Fsp3) is 0.730. The molecule has 0 aromatic carbocycles. The molecule has 3 aliphatic rings. The van der Waals surface area contributed by atoms with E-state index in [1.54, 1.807) is 13.2 Å². The second kappa shape index (κ2) is 20.5. The van der Waals surface area contributed by atoms with Crippen LogP contribution in [0, 0.1) is 11.3 Å². The lowest BCUT2D eigenvalue weighted by Crippen LogP contribution is -2.69. The summed E-state index contributed by atoms with van der Waals surface area (Å²) < 4.78 is 35.8. The first-order valence-corrected chi connectivity index (χ1v) is 18.4. The highest BCUT2D eigenvalue weighted by molar-refractivity contribution is 5.91. The van der Waals surface area contributed by atoms with E-state index in [0.29, 0.717) is 25.7 Å². The summed E-state index contributed by atoms with van der Waals surface area (Å²) >= 11 is 0. The van der Waals surface area contributed by atoms with Crippen LogP contribution in [0.15, 0.2) is 41.4 Å². The maximum absolute atomic E-state index is 13.5. The van der Waals surface area contributed by atoms with Gasteiger partial charge in [-0.15, -0.1) is 0 Å². The molecule has 0 saturated carbocycles. The van der Waals surface area contributed by atoms with Crippen LogP contribution in [0.1, 0.15) is 72.6 Å². The highest BCUT2D eigenvalue weighted by Crippen LogP contribution is 2.44. The number of guanidine groups is 1. The lowest BCUT2D eigenvalue weighted by atomic mass is 9.72. The number of hydrogen-bond donors (Lipinski definition) is 7. The number of allylic oxidation sites excluding steroid dienone is 3. The van der Waals surface area contributed by atoms with Crippen molar-refractivity contribution in [3.63, 3.8) is 0 Å². The van der Waals surface area contributed by atoms with Crippen LogP contribution in [0.5, 0.6) is 0 Å². The van der Waals surface area contributed by atoms with E-state index in [-0.39, 0.29) is 50.6 Å². The number of rotatable bonds is 19. The average Bonchev–Trinajstić information content (AvgIpc) is 3.11. The van der Waals surface area contributed by atoms with Gasteiger partial charge in [-0.25, -0.2) is 4.79 Å². The van der Waals surface area contributed by atoms with E-state index < -0.39 is 77.9 Å². The molecule has 3 rings (SSSR count). The fourth-order valence-electron chi connectivity index (χ4n) is 7.07. The molecular weight excluding hydrogens is 706 g/mol. The number of methoxy groups -OCH3 is 2. The second-order valence-corrected chi connectivity index (χ2v) is 14.7. The monoisotopic (exact) mass is 767 g/mol. The SMILES string of the molecule is C=C1CC(OC)(C(O)C(=O)NC2OCOC3C2OC(CC(O)CCCC=CC=CC(=O)NC(CCCN=C(N)N)C(=O)O)C(C)(C)C3OC)OC(C)C1C. The summed E-state index contributed by atoms with van der Waals surface area (Å²) in [6.45, 7) is 11.9. The number of carboxylic acids is 1. The number of aliphatic hydroxyl groups is 2. The van der Waals surface area contributed by atoms with E-state index in [4.69, 9.17) is 39.9 Å². The van der Waals surface area contributed by atoms with Crippen LogP contribution in [0.25, 0.3) is 0 Å². The molecule has 0 aromatic rings. The summed E-state index contributed by atoms with van der Waals surface area (Å²) in [5.74, 6) is -4.17. The molecule has 2 amide bonds. The molecule has 0 radical (unpaired) electrons. The van der Waals surface area contributed by atoms with Crippen LogP contribution < -0.4 is 22.1 Å². The number of nitrogens with zero attached hydrogens (tertiary/aromatic N) is 1. The summed E-state index contributed by atoms with van der Waals surface area (Å²) in [5.41, 5.74) is 10.7. The summed E-state index contributed by atoms with van der Waals surface area (Å²) in [4.78, 5) is 41.0. The number of fused-ring (bicyclic) bond motifs is 1.